The normalized spacial score (nSPS) is 11.5. The van der Waals surface area contributed by atoms with E-state index in [1.807, 2.05) is 62.4 Å². The number of nitrogens with zero attached hydrogens (tertiary/aromatic N) is 3. The highest BCUT2D eigenvalue weighted by atomic mass is 16.5. The Kier molecular flexibility index (Phi) is 4.52. The molecule has 0 saturated carbocycles. The molecule has 0 aliphatic carbocycles. The van der Waals surface area contributed by atoms with Gasteiger partial charge in [0, 0.05) is 34.0 Å². The van der Waals surface area contributed by atoms with Gasteiger partial charge in [0.1, 0.15) is 22.8 Å². The molecule has 0 aliphatic rings. The van der Waals surface area contributed by atoms with E-state index in [2.05, 4.69) is 39.7 Å². The van der Waals surface area contributed by atoms with Gasteiger partial charge in [-0.05, 0) is 74.4 Å². The van der Waals surface area contributed by atoms with Crippen LogP contribution in [0.1, 0.15) is 16.7 Å². The highest BCUT2D eigenvalue weighted by molar-refractivity contribution is 6.11. The number of phenols is 1. The van der Waals surface area contributed by atoms with Crippen molar-refractivity contribution in [2.75, 3.05) is 0 Å². The Balaban J connectivity index is 1.56. The molecular formula is C29H23N3O2. The Morgan fingerprint density at radius 1 is 0.824 bits per heavy atom. The first kappa shape index (κ1) is 20.2. The Hall–Kier alpha value is -4.38. The zero-order valence-electron chi connectivity index (χ0n) is 19.2. The van der Waals surface area contributed by atoms with Crippen molar-refractivity contribution in [2.45, 2.75) is 20.8 Å². The lowest BCUT2D eigenvalue weighted by atomic mass is 10.1. The van der Waals surface area contributed by atoms with Crippen molar-refractivity contribution in [3.05, 3.63) is 95.7 Å². The van der Waals surface area contributed by atoms with Crippen molar-refractivity contribution < 1.29 is 9.84 Å². The zero-order valence-corrected chi connectivity index (χ0v) is 19.2. The molecule has 0 unspecified atom stereocenters. The van der Waals surface area contributed by atoms with E-state index in [4.69, 9.17) is 4.74 Å². The summed E-state index contributed by atoms with van der Waals surface area (Å²) in [5.74, 6) is 2.17. The van der Waals surface area contributed by atoms with E-state index in [0.717, 1.165) is 38.9 Å². The van der Waals surface area contributed by atoms with Gasteiger partial charge in [-0.2, -0.15) is 0 Å². The topological polar surface area (TPSA) is 60.2 Å². The summed E-state index contributed by atoms with van der Waals surface area (Å²) in [7, 11) is 0. The predicted molar refractivity (Wildman–Crippen MR) is 136 cm³/mol. The van der Waals surface area contributed by atoms with Crippen LogP contribution in [0.4, 0.5) is 0 Å². The number of pyridine rings is 2. The van der Waals surface area contributed by atoms with Crippen LogP contribution in [0.25, 0.3) is 38.5 Å². The van der Waals surface area contributed by atoms with Crippen LogP contribution < -0.4 is 4.74 Å². The van der Waals surface area contributed by atoms with Crippen LogP contribution in [0.15, 0.2) is 79.0 Å². The monoisotopic (exact) mass is 445 g/mol. The minimum Gasteiger partial charge on any atom is -0.506 e. The number of aryl methyl sites for hydroxylation is 3. The second-order valence-corrected chi connectivity index (χ2v) is 8.74. The molecule has 34 heavy (non-hydrogen) atoms. The summed E-state index contributed by atoms with van der Waals surface area (Å²) in [4.78, 5) is 9.26. The standard InChI is InChI=1S/C29H23N3O2/c1-17-12-20-14-19(3)29(31-28(20)25(33)13-17)34-21-15-18(2)27-22-8-4-5-9-23(22)32(24(27)16-21)26-10-6-7-11-30-26/h4-16,33H,1-3H3. The molecule has 0 atom stereocenters. The molecule has 0 bridgehead atoms. The minimum absolute atomic E-state index is 0.154. The quantitative estimate of drug-likeness (QED) is 0.314. The summed E-state index contributed by atoms with van der Waals surface area (Å²) in [6.45, 7) is 6.02. The Morgan fingerprint density at radius 2 is 1.65 bits per heavy atom. The van der Waals surface area contributed by atoms with Gasteiger partial charge in [-0.15, -0.1) is 0 Å². The average molecular weight is 446 g/mol. The van der Waals surface area contributed by atoms with E-state index in [1.165, 1.54) is 10.8 Å². The average Bonchev–Trinajstić information content (AvgIpc) is 3.15. The van der Waals surface area contributed by atoms with Crippen LogP contribution in [-0.4, -0.2) is 19.6 Å². The van der Waals surface area contributed by atoms with Gasteiger partial charge in [0.15, 0.2) is 0 Å². The van der Waals surface area contributed by atoms with Gasteiger partial charge in [-0.1, -0.05) is 24.3 Å². The molecule has 5 heteroatoms. The number of hydrogen-bond acceptors (Lipinski definition) is 4. The largest absolute Gasteiger partial charge is 0.506 e. The van der Waals surface area contributed by atoms with E-state index in [-0.39, 0.29) is 5.75 Å². The first-order chi connectivity index (χ1) is 16.5. The third-order valence-corrected chi connectivity index (χ3v) is 6.22. The van der Waals surface area contributed by atoms with Crippen molar-refractivity contribution >= 4 is 32.7 Å². The molecule has 6 rings (SSSR count). The number of benzene rings is 3. The summed E-state index contributed by atoms with van der Waals surface area (Å²) in [5.41, 5.74) is 5.65. The summed E-state index contributed by atoms with van der Waals surface area (Å²) in [6.07, 6.45) is 1.81. The molecule has 6 aromatic rings. The van der Waals surface area contributed by atoms with E-state index >= 15 is 0 Å². The Morgan fingerprint density at radius 3 is 2.47 bits per heavy atom. The van der Waals surface area contributed by atoms with Crippen LogP contribution in [0, 0.1) is 20.8 Å². The Labute approximate surface area is 196 Å². The number of para-hydroxylation sites is 1. The van der Waals surface area contributed by atoms with Gasteiger partial charge < -0.3 is 9.84 Å². The fourth-order valence-corrected chi connectivity index (χ4v) is 4.78. The number of rotatable bonds is 3. The first-order valence-corrected chi connectivity index (χ1v) is 11.2. The van der Waals surface area contributed by atoms with Gasteiger partial charge in [-0.3, -0.25) is 4.57 Å². The lowest BCUT2D eigenvalue weighted by Crippen LogP contribution is -1.97. The van der Waals surface area contributed by atoms with Gasteiger partial charge in [-0.25, -0.2) is 9.97 Å². The molecule has 0 fully saturated rings. The van der Waals surface area contributed by atoms with Gasteiger partial charge >= 0.3 is 0 Å². The van der Waals surface area contributed by atoms with Crippen molar-refractivity contribution in [3.63, 3.8) is 0 Å². The fraction of sp³-hybridized carbons (Fsp3) is 0.103. The van der Waals surface area contributed by atoms with Gasteiger partial charge in [0.25, 0.3) is 0 Å². The summed E-state index contributed by atoms with van der Waals surface area (Å²) in [5, 5.41) is 13.7. The Bertz CT molecular complexity index is 1720. The molecular weight excluding hydrogens is 422 g/mol. The molecule has 0 amide bonds. The molecule has 0 aliphatic heterocycles. The van der Waals surface area contributed by atoms with E-state index < -0.39 is 0 Å². The molecule has 3 aromatic carbocycles. The fourth-order valence-electron chi connectivity index (χ4n) is 4.78. The first-order valence-electron chi connectivity index (χ1n) is 11.2. The van der Waals surface area contributed by atoms with Crippen LogP contribution in [0.2, 0.25) is 0 Å². The molecule has 0 saturated heterocycles. The lowest BCUT2D eigenvalue weighted by Gasteiger charge is -2.12. The van der Waals surface area contributed by atoms with Crippen LogP contribution >= 0.6 is 0 Å². The molecule has 0 radical (unpaired) electrons. The SMILES string of the molecule is Cc1cc(O)c2nc(Oc3cc(C)c4c5ccccc5n(-c5ccccn5)c4c3)c(C)cc2c1. The van der Waals surface area contributed by atoms with Crippen molar-refractivity contribution in [1.29, 1.82) is 0 Å². The highest BCUT2D eigenvalue weighted by Crippen LogP contribution is 2.38. The molecule has 0 spiro atoms. The molecule has 3 heterocycles. The lowest BCUT2D eigenvalue weighted by molar-refractivity contribution is 0.456. The van der Waals surface area contributed by atoms with Gasteiger partial charge in [0.05, 0.1) is 11.0 Å². The molecule has 1 N–H and O–H groups in total. The predicted octanol–water partition coefficient (Wildman–Crippen LogP) is 7.15. The van der Waals surface area contributed by atoms with Crippen molar-refractivity contribution in [1.82, 2.24) is 14.5 Å². The third-order valence-electron chi connectivity index (χ3n) is 6.22. The van der Waals surface area contributed by atoms with Crippen LogP contribution in [0.5, 0.6) is 17.4 Å². The maximum atomic E-state index is 10.4. The number of aromatic nitrogens is 3. The van der Waals surface area contributed by atoms with E-state index in [0.29, 0.717) is 17.1 Å². The van der Waals surface area contributed by atoms with Crippen molar-refractivity contribution in [2.24, 2.45) is 0 Å². The smallest absolute Gasteiger partial charge is 0.222 e. The van der Waals surface area contributed by atoms with E-state index in [1.54, 1.807) is 12.3 Å². The summed E-state index contributed by atoms with van der Waals surface area (Å²) >= 11 is 0. The van der Waals surface area contributed by atoms with Gasteiger partial charge in [0.2, 0.25) is 5.88 Å². The molecule has 5 nitrogen and oxygen atoms in total. The number of fused-ring (bicyclic) bond motifs is 4. The van der Waals surface area contributed by atoms with Crippen LogP contribution in [0.3, 0.4) is 0 Å². The second-order valence-electron chi connectivity index (χ2n) is 8.74. The van der Waals surface area contributed by atoms with Crippen molar-refractivity contribution in [3.8, 4) is 23.2 Å². The number of phenolic OH excluding ortho intramolecular Hbond substituents is 1. The molecule has 166 valence electrons. The van der Waals surface area contributed by atoms with E-state index in [9.17, 15) is 5.11 Å². The minimum atomic E-state index is 0.154. The third kappa shape index (κ3) is 3.17. The zero-order chi connectivity index (χ0) is 23.4. The second kappa shape index (κ2) is 7.59. The maximum Gasteiger partial charge on any atom is 0.222 e. The number of aromatic hydroxyl groups is 1. The number of hydrogen-bond donors (Lipinski definition) is 1. The number of ether oxygens (including phenoxy) is 1. The molecule has 3 aromatic heterocycles. The highest BCUT2D eigenvalue weighted by Gasteiger charge is 2.17. The summed E-state index contributed by atoms with van der Waals surface area (Å²) in [6, 6.07) is 24.1. The maximum absolute atomic E-state index is 10.4. The van der Waals surface area contributed by atoms with Crippen LogP contribution in [-0.2, 0) is 0 Å². The summed E-state index contributed by atoms with van der Waals surface area (Å²) < 4.78 is 8.49.